The summed E-state index contributed by atoms with van der Waals surface area (Å²) >= 11 is 5.82. The van der Waals surface area contributed by atoms with E-state index < -0.39 is 23.4 Å². The van der Waals surface area contributed by atoms with Gasteiger partial charge >= 0.3 is 5.97 Å². The number of hydrogen-bond acceptors (Lipinski definition) is 6. The number of aryl methyl sites for hydroxylation is 1. The highest BCUT2D eigenvalue weighted by Crippen LogP contribution is 2.36. The molecule has 1 heterocycles. The quantitative estimate of drug-likeness (QED) is 0.195. The monoisotopic (exact) mass is 515 g/mol. The van der Waals surface area contributed by atoms with Crippen molar-refractivity contribution in [2.45, 2.75) is 25.2 Å². The first-order valence-corrected chi connectivity index (χ1v) is 12.1. The SMILES string of the molecule is O=C(COC(=O)c1c2c(nc3ccccc13)CCC(c1ccccc1)C2)Nc1ccc(Cl)c([N+](=O)[O-])c1. The van der Waals surface area contributed by atoms with Crippen LogP contribution in [0.25, 0.3) is 10.9 Å². The molecule has 0 saturated heterocycles. The third kappa shape index (κ3) is 5.15. The molecule has 1 unspecified atom stereocenters. The van der Waals surface area contributed by atoms with Gasteiger partial charge in [-0.1, -0.05) is 60.1 Å². The van der Waals surface area contributed by atoms with Crippen LogP contribution < -0.4 is 5.32 Å². The van der Waals surface area contributed by atoms with Crippen LogP contribution in [0.2, 0.25) is 5.02 Å². The fourth-order valence-electron chi connectivity index (χ4n) is 4.76. The number of fused-ring (bicyclic) bond motifs is 2. The van der Waals surface area contributed by atoms with Gasteiger partial charge in [0.15, 0.2) is 6.61 Å². The molecule has 186 valence electrons. The molecule has 0 radical (unpaired) electrons. The number of carbonyl (C=O) groups is 2. The zero-order chi connectivity index (χ0) is 25.9. The highest BCUT2D eigenvalue weighted by atomic mass is 35.5. The van der Waals surface area contributed by atoms with Crippen molar-refractivity contribution in [1.82, 2.24) is 4.98 Å². The molecule has 1 atom stereocenters. The van der Waals surface area contributed by atoms with Gasteiger partial charge in [-0.25, -0.2) is 4.79 Å². The minimum Gasteiger partial charge on any atom is -0.452 e. The number of halogens is 1. The number of pyridine rings is 1. The van der Waals surface area contributed by atoms with Crippen LogP contribution in [-0.2, 0) is 22.4 Å². The molecule has 9 heteroatoms. The lowest BCUT2D eigenvalue weighted by Crippen LogP contribution is -2.24. The largest absolute Gasteiger partial charge is 0.452 e. The summed E-state index contributed by atoms with van der Waals surface area (Å²) in [6.07, 6.45) is 2.30. The van der Waals surface area contributed by atoms with Crippen LogP contribution >= 0.6 is 11.6 Å². The molecule has 0 fully saturated rings. The minimum atomic E-state index is -0.640. The Bertz CT molecular complexity index is 1520. The van der Waals surface area contributed by atoms with E-state index in [1.165, 1.54) is 17.7 Å². The summed E-state index contributed by atoms with van der Waals surface area (Å²) in [5.41, 5.74) is 3.89. The van der Waals surface area contributed by atoms with Gasteiger partial charge in [0.1, 0.15) is 5.02 Å². The van der Waals surface area contributed by atoms with Gasteiger partial charge < -0.3 is 10.1 Å². The molecule has 4 aromatic rings. The van der Waals surface area contributed by atoms with E-state index in [-0.39, 0.29) is 22.3 Å². The summed E-state index contributed by atoms with van der Waals surface area (Å²) in [6, 6.07) is 21.5. The highest BCUT2D eigenvalue weighted by molar-refractivity contribution is 6.32. The number of nitrogens with one attached hydrogen (secondary N) is 1. The average Bonchev–Trinajstić information content (AvgIpc) is 2.91. The Morgan fingerprint density at radius 2 is 1.84 bits per heavy atom. The number of benzene rings is 3. The van der Waals surface area contributed by atoms with Gasteiger partial charge in [0.25, 0.3) is 11.6 Å². The molecule has 1 N–H and O–H groups in total. The standard InChI is InChI=1S/C28H22ClN3O5/c29-22-12-11-19(15-25(22)32(35)36)30-26(33)16-37-28(34)27-20-8-4-5-9-23(20)31-24-13-10-18(14-21(24)27)17-6-2-1-3-7-17/h1-9,11-12,15,18H,10,13-14,16H2,(H,30,33). The fraction of sp³-hybridized carbons (Fsp3) is 0.179. The minimum absolute atomic E-state index is 0.0439. The Morgan fingerprint density at radius 1 is 1.08 bits per heavy atom. The molecule has 0 saturated carbocycles. The van der Waals surface area contributed by atoms with E-state index in [4.69, 9.17) is 21.3 Å². The smallest absolute Gasteiger partial charge is 0.339 e. The molecule has 3 aromatic carbocycles. The van der Waals surface area contributed by atoms with Crippen molar-refractivity contribution >= 4 is 45.8 Å². The van der Waals surface area contributed by atoms with Crippen molar-refractivity contribution < 1.29 is 19.2 Å². The van der Waals surface area contributed by atoms with Gasteiger partial charge in [-0.3, -0.25) is 19.9 Å². The van der Waals surface area contributed by atoms with E-state index in [1.807, 2.05) is 42.5 Å². The number of amides is 1. The predicted molar refractivity (Wildman–Crippen MR) is 140 cm³/mol. The maximum absolute atomic E-state index is 13.4. The molecular formula is C28H22ClN3O5. The molecule has 37 heavy (non-hydrogen) atoms. The van der Waals surface area contributed by atoms with E-state index in [9.17, 15) is 19.7 Å². The Hall–Kier alpha value is -4.30. The second kappa shape index (κ2) is 10.4. The number of carbonyl (C=O) groups excluding carboxylic acids is 2. The highest BCUT2D eigenvalue weighted by Gasteiger charge is 2.28. The van der Waals surface area contributed by atoms with Crippen LogP contribution in [0.15, 0.2) is 72.8 Å². The third-order valence-electron chi connectivity index (χ3n) is 6.50. The molecule has 8 nitrogen and oxygen atoms in total. The van der Waals surface area contributed by atoms with Gasteiger partial charge in [-0.2, -0.15) is 0 Å². The zero-order valence-corrected chi connectivity index (χ0v) is 20.4. The zero-order valence-electron chi connectivity index (χ0n) is 19.6. The summed E-state index contributed by atoms with van der Waals surface area (Å²) in [4.78, 5) is 41.2. The lowest BCUT2D eigenvalue weighted by molar-refractivity contribution is -0.384. The molecule has 5 rings (SSSR count). The number of aromatic nitrogens is 1. The van der Waals surface area contributed by atoms with Crippen molar-refractivity contribution in [3.8, 4) is 0 Å². The first-order valence-electron chi connectivity index (χ1n) is 11.8. The number of anilines is 1. The van der Waals surface area contributed by atoms with Gasteiger partial charge in [0.2, 0.25) is 0 Å². The number of esters is 1. The maximum Gasteiger partial charge on any atom is 0.339 e. The van der Waals surface area contributed by atoms with Gasteiger partial charge in [-0.15, -0.1) is 0 Å². The van der Waals surface area contributed by atoms with Crippen LogP contribution in [0.4, 0.5) is 11.4 Å². The van der Waals surface area contributed by atoms with Crippen molar-refractivity contribution in [2.75, 3.05) is 11.9 Å². The topological polar surface area (TPSA) is 111 Å². The van der Waals surface area contributed by atoms with Gasteiger partial charge in [0.05, 0.1) is 16.0 Å². The normalized spacial score (nSPS) is 14.6. The second-order valence-electron chi connectivity index (χ2n) is 8.83. The summed E-state index contributed by atoms with van der Waals surface area (Å²) in [5, 5.41) is 14.2. The molecule has 0 bridgehead atoms. The Morgan fingerprint density at radius 3 is 2.62 bits per heavy atom. The Balaban J connectivity index is 1.38. The van der Waals surface area contributed by atoms with Crippen molar-refractivity contribution in [1.29, 1.82) is 0 Å². The van der Waals surface area contributed by atoms with Crippen LogP contribution in [-0.4, -0.2) is 28.4 Å². The predicted octanol–water partition coefficient (Wildman–Crippen LogP) is 5.86. The van der Waals surface area contributed by atoms with E-state index in [2.05, 4.69) is 17.4 Å². The van der Waals surface area contributed by atoms with Crippen LogP contribution in [0.3, 0.4) is 0 Å². The molecule has 0 aliphatic heterocycles. The van der Waals surface area contributed by atoms with E-state index in [0.29, 0.717) is 22.9 Å². The van der Waals surface area contributed by atoms with Crippen LogP contribution in [0.1, 0.15) is 39.5 Å². The molecule has 1 aliphatic rings. The van der Waals surface area contributed by atoms with Crippen LogP contribution in [0, 0.1) is 10.1 Å². The summed E-state index contributed by atoms with van der Waals surface area (Å²) in [5.74, 6) is -0.993. The third-order valence-corrected chi connectivity index (χ3v) is 6.81. The lowest BCUT2D eigenvalue weighted by Gasteiger charge is -2.26. The molecule has 0 spiro atoms. The Labute approximate surface area is 217 Å². The number of para-hydroxylation sites is 1. The van der Waals surface area contributed by atoms with Crippen molar-refractivity contribution in [3.05, 3.63) is 110 Å². The number of rotatable bonds is 6. The molecule has 1 aromatic heterocycles. The van der Waals surface area contributed by atoms with Gasteiger partial charge in [0, 0.05) is 22.8 Å². The average molecular weight is 516 g/mol. The number of nitrogens with zero attached hydrogens (tertiary/aromatic N) is 2. The second-order valence-corrected chi connectivity index (χ2v) is 9.23. The fourth-order valence-corrected chi connectivity index (χ4v) is 4.95. The summed E-state index contributed by atoms with van der Waals surface area (Å²) in [6.45, 7) is -0.553. The Kier molecular flexibility index (Phi) is 6.83. The first kappa shape index (κ1) is 24.4. The van der Waals surface area contributed by atoms with Crippen LogP contribution in [0.5, 0.6) is 0 Å². The van der Waals surface area contributed by atoms with E-state index in [0.717, 1.165) is 30.2 Å². The van der Waals surface area contributed by atoms with Crippen molar-refractivity contribution in [2.24, 2.45) is 0 Å². The van der Waals surface area contributed by atoms with E-state index >= 15 is 0 Å². The first-order chi connectivity index (χ1) is 17.9. The van der Waals surface area contributed by atoms with Crippen molar-refractivity contribution in [3.63, 3.8) is 0 Å². The number of hydrogen-bond donors (Lipinski definition) is 1. The summed E-state index contributed by atoms with van der Waals surface area (Å²) < 4.78 is 5.44. The number of ether oxygens (including phenoxy) is 1. The molecule has 1 aliphatic carbocycles. The number of nitro groups is 1. The molecular weight excluding hydrogens is 494 g/mol. The lowest BCUT2D eigenvalue weighted by atomic mass is 9.80. The number of nitro benzene ring substituents is 1. The van der Waals surface area contributed by atoms with Gasteiger partial charge in [-0.05, 0) is 54.5 Å². The summed E-state index contributed by atoms with van der Waals surface area (Å²) in [7, 11) is 0. The van der Waals surface area contributed by atoms with E-state index in [1.54, 1.807) is 0 Å². The molecule has 1 amide bonds. The maximum atomic E-state index is 13.4.